The van der Waals surface area contributed by atoms with Crippen LogP contribution in [0, 0.1) is 0 Å². The van der Waals surface area contributed by atoms with Crippen LogP contribution in [0.25, 0.3) is 11.3 Å². The van der Waals surface area contributed by atoms with Crippen LogP contribution >= 0.6 is 0 Å². The van der Waals surface area contributed by atoms with Gasteiger partial charge in [-0.25, -0.2) is 0 Å². The Hall–Kier alpha value is -1.63. The van der Waals surface area contributed by atoms with Crippen molar-refractivity contribution in [2.45, 2.75) is 104 Å². The molecule has 1 heteroatoms. The van der Waals surface area contributed by atoms with Gasteiger partial charge in [-0.3, -0.25) is 4.98 Å². The number of nitrogens with zero attached hydrogens (tertiary/aromatic N) is 1. The van der Waals surface area contributed by atoms with Crippen LogP contribution in [0.15, 0.2) is 42.6 Å². The van der Waals surface area contributed by atoms with E-state index in [1.54, 1.807) is 0 Å². The highest BCUT2D eigenvalue weighted by molar-refractivity contribution is 5.68. The average molecular weight is 380 g/mol. The van der Waals surface area contributed by atoms with E-state index in [-0.39, 0.29) is 0 Å². The molecule has 28 heavy (non-hydrogen) atoms. The summed E-state index contributed by atoms with van der Waals surface area (Å²) in [5.41, 5.74) is 5.57. The van der Waals surface area contributed by atoms with Gasteiger partial charge in [-0.05, 0) is 48.9 Å². The number of hydrogen-bond acceptors (Lipinski definition) is 1. The molecule has 154 valence electrons. The Balaban J connectivity index is 2.01. The number of rotatable bonds is 15. The molecule has 1 aromatic carbocycles. The number of hydrogen-bond donors (Lipinski definition) is 0. The fourth-order valence-electron chi connectivity index (χ4n) is 4.10. The van der Waals surface area contributed by atoms with Crippen LogP contribution in [0.2, 0.25) is 0 Å². The third-order valence-electron chi connectivity index (χ3n) is 5.76. The Labute approximate surface area is 174 Å². The molecule has 1 aromatic heterocycles. The molecule has 0 unspecified atom stereocenters. The summed E-state index contributed by atoms with van der Waals surface area (Å²) >= 11 is 0. The zero-order chi connectivity index (χ0) is 19.9. The molecule has 0 aliphatic carbocycles. The summed E-state index contributed by atoms with van der Waals surface area (Å²) in [6.45, 7) is 4.57. The Morgan fingerprint density at radius 3 is 1.61 bits per heavy atom. The summed E-state index contributed by atoms with van der Waals surface area (Å²) in [6, 6.07) is 13.3. The van der Waals surface area contributed by atoms with Crippen molar-refractivity contribution in [3.8, 4) is 11.3 Å². The summed E-state index contributed by atoms with van der Waals surface area (Å²) in [4.78, 5) is 4.71. The fraction of sp³-hybridized carbons (Fsp3) is 0.593. The predicted molar refractivity (Wildman–Crippen MR) is 124 cm³/mol. The van der Waals surface area contributed by atoms with Crippen molar-refractivity contribution in [2.24, 2.45) is 0 Å². The minimum Gasteiger partial charge on any atom is -0.256 e. The van der Waals surface area contributed by atoms with E-state index in [0.717, 1.165) is 5.69 Å². The number of aromatic nitrogens is 1. The Bertz CT molecular complexity index is 598. The number of benzene rings is 1. The molecule has 1 heterocycles. The summed E-state index contributed by atoms with van der Waals surface area (Å²) in [5.74, 6) is 0. The first kappa shape index (κ1) is 22.7. The minimum absolute atomic E-state index is 1.16. The molecule has 0 aliphatic heterocycles. The Morgan fingerprint density at radius 2 is 1.11 bits per heavy atom. The van der Waals surface area contributed by atoms with Crippen molar-refractivity contribution in [2.75, 3.05) is 0 Å². The zero-order valence-corrected chi connectivity index (χ0v) is 18.4. The van der Waals surface area contributed by atoms with Gasteiger partial charge in [-0.15, -0.1) is 0 Å². The molecule has 0 N–H and O–H groups in total. The van der Waals surface area contributed by atoms with E-state index in [9.17, 15) is 0 Å². The fourth-order valence-corrected chi connectivity index (χ4v) is 4.10. The van der Waals surface area contributed by atoms with E-state index < -0.39 is 0 Å². The van der Waals surface area contributed by atoms with E-state index in [1.807, 2.05) is 12.3 Å². The van der Waals surface area contributed by atoms with E-state index in [1.165, 1.54) is 107 Å². The molecule has 0 spiro atoms. The summed E-state index contributed by atoms with van der Waals surface area (Å²) in [7, 11) is 0. The molecule has 0 fully saturated rings. The van der Waals surface area contributed by atoms with Crippen LogP contribution in [0.3, 0.4) is 0 Å². The lowest BCUT2D eigenvalue weighted by molar-refractivity contribution is 0.605. The van der Waals surface area contributed by atoms with E-state index in [0.29, 0.717) is 0 Å². The highest BCUT2D eigenvalue weighted by Gasteiger charge is 2.11. The highest BCUT2D eigenvalue weighted by atomic mass is 14.7. The quantitative estimate of drug-likeness (QED) is 0.282. The smallest absolute Gasteiger partial charge is 0.0707 e. The SMILES string of the molecule is CCCCCCCCc1cccc(CCCCCCCC)c1-c1ccccn1. The molecule has 0 amide bonds. The molecule has 1 nitrogen and oxygen atoms in total. The third kappa shape index (κ3) is 8.17. The molecule has 0 radical (unpaired) electrons. The van der Waals surface area contributed by atoms with Crippen LogP contribution in [0.4, 0.5) is 0 Å². The zero-order valence-electron chi connectivity index (χ0n) is 18.4. The van der Waals surface area contributed by atoms with Gasteiger partial charge in [0.15, 0.2) is 0 Å². The molecular formula is C27H41N. The Kier molecular flexibility index (Phi) is 11.6. The van der Waals surface area contributed by atoms with Crippen molar-refractivity contribution in [1.82, 2.24) is 4.98 Å². The lowest BCUT2D eigenvalue weighted by atomic mass is 9.91. The molecular weight excluding hydrogens is 338 g/mol. The number of pyridine rings is 1. The lowest BCUT2D eigenvalue weighted by Crippen LogP contribution is -1.99. The lowest BCUT2D eigenvalue weighted by Gasteiger charge is -2.15. The van der Waals surface area contributed by atoms with Crippen LogP contribution in [-0.2, 0) is 12.8 Å². The minimum atomic E-state index is 1.16. The van der Waals surface area contributed by atoms with Gasteiger partial charge in [0.25, 0.3) is 0 Å². The first-order valence-electron chi connectivity index (χ1n) is 11.9. The monoisotopic (exact) mass is 379 g/mol. The maximum Gasteiger partial charge on any atom is 0.0707 e. The largest absolute Gasteiger partial charge is 0.256 e. The molecule has 2 aromatic rings. The highest BCUT2D eigenvalue weighted by Crippen LogP contribution is 2.29. The van der Waals surface area contributed by atoms with E-state index in [2.05, 4.69) is 44.2 Å². The van der Waals surface area contributed by atoms with Crippen molar-refractivity contribution < 1.29 is 0 Å². The van der Waals surface area contributed by atoms with Gasteiger partial charge in [0.05, 0.1) is 5.69 Å². The topological polar surface area (TPSA) is 12.9 Å². The summed E-state index contributed by atoms with van der Waals surface area (Å²) in [6.07, 6.45) is 20.5. The summed E-state index contributed by atoms with van der Waals surface area (Å²) in [5, 5.41) is 0. The Morgan fingerprint density at radius 1 is 0.571 bits per heavy atom. The van der Waals surface area contributed by atoms with Crippen LogP contribution in [0.5, 0.6) is 0 Å². The first-order valence-corrected chi connectivity index (χ1v) is 11.9. The standard InChI is InChI=1S/C27H41N/c1-3-5-7-9-11-13-18-24-20-17-21-25(19-14-12-10-8-6-4-2)27(24)26-22-15-16-23-28-26/h15-17,20-23H,3-14,18-19H2,1-2H3. The third-order valence-corrected chi connectivity index (χ3v) is 5.76. The predicted octanol–water partition coefficient (Wildman–Crippen LogP) is 8.55. The van der Waals surface area contributed by atoms with Gasteiger partial charge in [0.2, 0.25) is 0 Å². The van der Waals surface area contributed by atoms with Crippen molar-refractivity contribution >= 4 is 0 Å². The average Bonchev–Trinajstić information content (AvgIpc) is 2.74. The maximum absolute atomic E-state index is 4.71. The van der Waals surface area contributed by atoms with Gasteiger partial charge in [-0.1, -0.05) is 102 Å². The first-order chi connectivity index (χ1) is 13.9. The summed E-state index contributed by atoms with van der Waals surface area (Å²) < 4.78 is 0. The maximum atomic E-state index is 4.71. The van der Waals surface area contributed by atoms with Gasteiger partial charge >= 0.3 is 0 Å². The normalized spacial score (nSPS) is 11.1. The van der Waals surface area contributed by atoms with Crippen molar-refractivity contribution in [3.05, 3.63) is 53.7 Å². The van der Waals surface area contributed by atoms with Crippen LogP contribution in [-0.4, -0.2) is 4.98 Å². The molecule has 0 atom stereocenters. The molecule has 0 aliphatic rings. The second-order valence-corrected chi connectivity index (χ2v) is 8.20. The molecule has 0 saturated heterocycles. The van der Waals surface area contributed by atoms with Crippen molar-refractivity contribution in [3.63, 3.8) is 0 Å². The molecule has 2 rings (SSSR count). The molecule has 0 bridgehead atoms. The van der Waals surface area contributed by atoms with E-state index >= 15 is 0 Å². The van der Waals surface area contributed by atoms with Crippen molar-refractivity contribution in [1.29, 1.82) is 0 Å². The van der Waals surface area contributed by atoms with Crippen LogP contribution in [0.1, 0.15) is 102 Å². The van der Waals surface area contributed by atoms with Gasteiger partial charge in [-0.2, -0.15) is 0 Å². The van der Waals surface area contributed by atoms with Gasteiger partial charge in [0.1, 0.15) is 0 Å². The van der Waals surface area contributed by atoms with Gasteiger partial charge in [0, 0.05) is 11.8 Å². The number of aryl methyl sites for hydroxylation is 2. The number of unbranched alkanes of at least 4 members (excludes halogenated alkanes) is 10. The second kappa shape index (κ2) is 14.4. The second-order valence-electron chi connectivity index (χ2n) is 8.20. The van der Waals surface area contributed by atoms with Gasteiger partial charge < -0.3 is 0 Å². The van der Waals surface area contributed by atoms with Crippen LogP contribution < -0.4 is 0 Å². The van der Waals surface area contributed by atoms with E-state index in [4.69, 9.17) is 4.98 Å². The molecule has 0 saturated carbocycles.